The second kappa shape index (κ2) is 5.36. The molecule has 0 aliphatic carbocycles. The number of furan rings is 1. The van der Waals surface area contributed by atoms with Crippen LogP contribution >= 0.6 is 0 Å². The summed E-state index contributed by atoms with van der Waals surface area (Å²) >= 11 is 0. The van der Waals surface area contributed by atoms with E-state index < -0.39 is 12.6 Å². The van der Waals surface area contributed by atoms with Crippen molar-refractivity contribution in [2.45, 2.75) is 32.7 Å². The Morgan fingerprint density at radius 3 is 2.62 bits per heavy atom. The monoisotopic (exact) mass is 237 g/mol. The molecule has 1 rings (SSSR count). The van der Waals surface area contributed by atoms with Crippen molar-refractivity contribution in [3.8, 4) is 0 Å². The fourth-order valence-electron chi connectivity index (χ4n) is 1.22. The van der Waals surface area contributed by atoms with Crippen LogP contribution < -0.4 is 5.73 Å². The molecule has 0 atom stereocenters. The molecule has 0 unspecified atom stereocenters. The van der Waals surface area contributed by atoms with Crippen molar-refractivity contribution in [2.75, 3.05) is 6.61 Å². The third-order valence-electron chi connectivity index (χ3n) is 2.07. The average Bonchev–Trinajstić information content (AvgIpc) is 2.52. The number of ether oxygens (including phenoxy) is 1. The van der Waals surface area contributed by atoms with E-state index in [1.807, 2.05) is 0 Å². The Balaban J connectivity index is 2.32. The van der Waals surface area contributed by atoms with Gasteiger partial charge in [-0.3, -0.25) is 0 Å². The summed E-state index contributed by atoms with van der Waals surface area (Å²) in [5, 5.41) is 0. The zero-order valence-corrected chi connectivity index (χ0v) is 8.93. The summed E-state index contributed by atoms with van der Waals surface area (Å²) in [6.07, 6.45) is -5.13. The molecule has 0 spiro atoms. The molecular weight excluding hydrogens is 223 g/mol. The highest BCUT2D eigenvalue weighted by Crippen LogP contribution is 2.20. The van der Waals surface area contributed by atoms with E-state index in [0.717, 1.165) is 5.56 Å². The molecule has 1 heterocycles. The molecule has 0 aliphatic heterocycles. The molecule has 92 valence electrons. The first-order valence-corrected chi connectivity index (χ1v) is 4.85. The van der Waals surface area contributed by atoms with Crippen molar-refractivity contribution < 1.29 is 22.3 Å². The van der Waals surface area contributed by atoms with E-state index in [1.165, 1.54) is 0 Å². The minimum Gasteiger partial charge on any atom is -0.464 e. The number of hydrogen-bond donors (Lipinski definition) is 1. The number of hydrogen-bond acceptors (Lipinski definition) is 3. The Bertz CT molecular complexity index is 333. The summed E-state index contributed by atoms with van der Waals surface area (Å²) < 4.78 is 45.5. The van der Waals surface area contributed by atoms with Crippen LogP contribution in [0.15, 0.2) is 10.5 Å². The molecule has 0 saturated carbocycles. The summed E-state index contributed by atoms with van der Waals surface area (Å²) in [4.78, 5) is 0. The molecule has 3 nitrogen and oxygen atoms in total. The van der Waals surface area contributed by atoms with Crippen molar-refractivity contribution >= 4 is 0 Å². The van der Waals surface area contributed by atoms with Gasteiger partial charge in [-0.2, -0.15) is 13.2 Å². The summed E-state index contributed by atoms with van der Waals surface area (Å²) in [5.41, 5.74) is 6.27. The highest BCUT2D eigenvalue weighted by atomic mass is 19.4. The van der Waals surface area contributed by atoms with Gasteiger partial charge < -0.3 is 14.9 Å². The minimum atomic E-state index is -4.18. The Morgan fingerprint density at radius 2 is 2.12 bits per heavy atom. The van der Waals surface area contributed by atoms with Crippen LogP contribution in [-0.2, 0) is 17.9 Å². The third kappa shape index (κ3) is 4.24. The average molecular weight is 237 g/mol. The van der Waals surface area contributed by atoms with E-state index in [4.69, 9.17) is 14.9 Å². The molecule has 0 aliphatic rings. The molecule has 0 bridgehead atoms. The standard InChI is InChI=1S/C10H14F3NO2/c1-7-8(5-14)4-9(16-7)6-15-3-2-10(11,12)13/h4H,2-3,5-6,14H2,1H3. The maximum atomic E-state index is 11.8. The van der Waals surface area contributed by atoms with Gasteiger partial charge in [-0.05, 0) is 13.0 Å². The van der Waals surface area contributed by atoms with Crippen LogP contribution in [0.1, 0.15) is 23.5 Å². The number of alkyl halides is 3. The van der Waals surface area contributed by atoms with Crippen LogP contribution in [0.3, 0.4) is 0 Å². The number of rotatable bonds is 5. The first-order valence-electron chi connectivity index (χ1n) is 4.85. The van der Waals surface area contributed by atoms with E-state index in [1.54, 1.807) is 13.0 Å². The van der Waals surface area contributed by atoms with E-state index in [-0.39, 0.29) is 13.2 Å². The van der Waals surface area contributed by atoms with Crippen molar-refractivity contribution in [3.05, 3.63) is 23.2 Å². The van der Waals surface area contributed by atoms with Crippen LogP contribution in [0.4, 0.5) is 13.2 Å². The van der Waals surface area contributed by atoms with Gasteiger partial charge in [0, 0.05) is 12.1 Å². The van der Waals surface area contributed by atoms with Crippen LogP contribution in [0.5, 0.6) is 0 Å². The summed E-state index contributed by atoms with van der Waals surface area (Å²) in [6.45, 7) is 1.78. The van der Waals surface area contributed by atoms with Gasteiger partial charge >= 0.3 is 6.18 Å². The first-order chi connectivity index (χ1) is 7.42. The largest absolute Gasteiger partial charge is 0.464 e. The molecule has 0 fully saturated rings. The Kier molecular flexibility index (Phi) is 4.37. The Hall–Kier alpha value is -1.01. The third-order valence-corrected chi connectivity index (χ3v) is 2.07. The first kappa shape index (κ1) is 13.1. The molecule has 0 saturated heterocycles. The van der Waals surface area contributed by atoms with Gasteiger partial charge in [0.1, 0.15) is 18.1 Å². The fourth-order valence-corrected chi connectivity index (χ4v) is 1.22. The van der Waals surface area contributed by atoms with Crippen molar-refractivity contribution in [1.29, 1.82) is 0 Å². The van der Waals surface area contributed by atoms with E-state index in [9.17, 15) is 13.2 Å². The normalized spacial score (nSPS) is 12.1. The quantitative estimate of drug-likeness (QED) is 0.800. The number of aryl methyl sites for hydroxylation is 1. The van der Waals surface area contributed by atoms with E-state index in [2.05, 4.69) is 0 Å². The highest BCUT2D eigenvalue weighted by molar-refractivity contribution is 5.19. The lowest BCUT2D eigenvalue weighted by molar-refractivity contribution is -0.146. The van der Waals surface area contributed by atoms with Gasteiger partial charge in [-0.25, -0.2) is 0 Å². The summed E-state index contributed by atoms with van der Waals surface area (Å²) in [7, 11) is 0. The van der Waals surface area contributed by atoms with Crippen LogP contribution in [-0.4, -0.2) is 12.8 Å². The lowest BCUT2D eigenvalue weighted by Crippen LogP contribution is -2.11. The van der Waals surface area contributed by atoms with Crippen molar-refractivity contribution in [2.24, 2.45) is 5.73 Å². The van der Waals surface area contributed by atoms with Crippen LogP contribution in [0.2, 0.25) is 0 Å². The van der Waals surface area contributed by atoms with Crippen molar-refractivity contribution in [1.82, 2.24) is 0 Å². The van der Waals surface area contributed by atoms with Gasteiger partial charge in [0.25, 0.3) is 0 Å². The van der Waals surface area contributed by atoms with Gasteiger partial charge in [0.05, 0.1) is 13.0 Å². The Morgan fingerprint density at radius 1 is 1.44 bits per heavy atom. The van der Waals surface area contributed by atoms with Gasteiger partial charge in [0.15, 0.2) is 0 Å². The topological polar surface area (TPSA) is 48.4 Å². The summed E-state index contributed by atoms with van der Waals surface area (Å²) in [6, 6.07) is 1.70. The maximum absolute atomic E-state index is 11.8. The molecule has 0 aromatic carbocycles. The van der Waals surface area contributed by atoms with E-state index in [0.29, 0.717) is 18.1 Å². The van der Waals surface area contributed by atoms with Gasteiger partial charge in [0.2, 0.25) is 0 Å². The molecule has 1 aromatic rings. The lowest BCUT2D eigenvalue weighted by Gasteiger charge is -2.05. The SMILES string of the molecule is Cc1oc(COCCC(F)(F)F)cc1CN. The fraction of sp³-hybridized carbons (Fsp3) is 0.600. The molecule has 1 aromatic heterocycles. The Labute approximate surface area is 91.4 Å². The molecule has 16 heavy (non-hydrogen) atoms. The smallest absolute Gasteiger partial charge is 0.391 e. The van der Waals surface area contributed by atoms with Gasteiger partial charge in [-0.15, -0.1) is 0 Å². The molecule has 0 amide bonds. The molecular formula is C10H14F3NO2. The van der Waals surface area contributed by atoms with Crippen LogP contribution in [0.25, 0.3) is 0 Å². The minimum absolute atomic E-state index is 0.0386. The second-order valence-electron chi connectivity index (χ2n) is 3.42. The van der Waals surface area contributed by atoms with E-state index >= 15 is 0 Å². The van der Waals surface area contributed by atoms with Crippen LogP contribution in [0, 0.1) is 6.92 Å². The predicted molar refractivity (Wildman–Crippen MR) is 51.7 cm³/mol. The van der Waals surface area contributed by atoms with Crippen molar-refractivity contribution in [3.63, 3.8) is 0 Å². The predicted octanol–water partition coefficient (Wildman–Crippen LogP) is 2.52. The molecule has 6 heteroatoms. The number of nitrogens with two attached hydrogens (primary N) is 1. The second-order valence-corrected chi connectivity index (χ2v) is 3.42. The summed E-state index contributed by atoms with van der Waals surface area (Å²) in [5.74, 6) is 1.18. The zero-order chi connectivity index (χ0) is 12.2. The maximum Gasteiger partial charge on any atom is 0.391 e. The highest BCUT2D eigenvalue weighted by Gasteiger charge is 2.26. The lowest BCUT2D eigenvalue weighted by atomic mass is 10.2. The number of halogens is 3. The molecule has 2 N–H and O–H groups in total. The van der Waals surface area contributed by atoms with Gasteiger partial charge in [-0.1, -0.05) is 0 Å². The zero-order valence-electron chi connectivity index (χ0n) is 8.93. The molecule has 0 radical (unpaired) electrons.